The number of nitrogens with one attached hydrogen (secondary N) is 2. The smallest absolute Gasteiger partial charge is 0.333 e. The van der Waals surface area contributed by atoms with E-state index < -0.39 is 16.1 Å². The Bertz CT molecular complexity index is 1370. The van der Waals surface area contributed by atoms with Gasteiger partial charge in [0.15, 0.2) is 0 Å². The molecule has 10 heteroatoms. The number of likely N-dealkylation sites (N-methyl/N-ethyl adjacent to an activating group) is 1. The Morgan fingerprint density at radius 1 is 1.15 bits per heavy atom. The van der Waals surface area contributed by atoms with Crippen molar-refractivity contribution < 1.29 is 17.9 Å². The fraction of sp³-hybridized carbons (Fsp3) is 0.333. The first-order valence-corrected chi connectivity index (χ1v) is 13.4. The molecule has 2 N–H and O–H groups in total. The predicted octanol–water partition coefficient (Wildman–Crippen LogP) is 3.81. The molecule has 8 nitrogen and oxygen atoms in total. The summed E-state index contributed by atoms with van der Waals surface area (Å²) in [6.45, 7) is 1.61. The predicted molar refractivity (Wildman–Crippen MR) is 132 cm³/mol. The number of carbonyl (C=O) groups is 1. The van der Waals surface area contributed by atoms with Crippen LogP contribution in [0.15, 0.2) is 40.7 Å². The van der Waals surface area contributed by atoms with Crippen LogP contribution < -0.4 is 14.8 Å². The molecule has 2 aliphatic rings. The third-order valence-electron chi connectivity index (χ3n) is 6.32. The molecule has 1 aromatic carbocycles. The highest BCUT2D eigenvalue weighted by Gasteiger charge is 2.26. The van der Waals surface area contributed by atoms with Crippen molar-refractivity contribution >= 4 is 33.1 Å². The standard InChI is InChI=1S/C24H26N4O4S2/c1-28-11-9-17-13-22(33-20(17)14-28)34(30,31)27-24(29)26-23-18-5-3-4-15(18)6-7-19(23)16-8-10-25-21(12-16)32-2/h6-8,10,12-13H,3-5,9,11,14H2,1-2H3,(H2,26,27,29). The number of rotatable bonds is 5. The Morgan fingerprint density at radius 3 is 2.82 bits per heavy atom. The van der Waals surface area contributed by atoms with Gasteiger partial charge in [-0.2, -0.15) is 0 Å². The molecule has 2 amide bonds. The molecule has 0 unspecified atom stereocenters. The second kappa shape index (κ2) is 9.01. The molecule has 3 heterocycles. The summed E-state index contributed by atoms with van der Waals surface area (Å²) in [4.78, 5) is 20.3. The molecule has 0 saturated heterocycles. The maximum Gasteiger partial charge on any atom is 0.333 e. The summed E-state index contributed by atoms with van der Waals surface area (Å²) in [7, 11) is -0.426. The van der Waals surface area contributed by atoms with Crippen molar-refractivity contribution in [1.82, 2.24) is 14.6 Å². The van der Waals surface area contributed by atoms with Crippen LogP contribution in [-0.4, -0.2) is 45.0 Å². The van der Waals surface area contributed by atoms with Crippen molar-refractivity contribution in [2.24, 2.45) is 0 Å². The largest absolute Gasteiger partial charge is 0.481 e. The maximum absolute atomic E-state index is 13.0. The average molecular weight is 499 g/mol. The summed E-state index contributed by atoms with van der Waals surface area (Å²) >= 11 is 1.23. The first kappa shape index (κ1) is 22.8. The van der Waals surface area contributed by atoms with Gasteiger partial charge in [-0.3, -0.25) is 0 Å². The Morgan fingerprint density at radius 2 is 2.00 bits per heavy atom. The summed E-state index contributed by atoms with van der Waals surface area (Å²) in [5, 5.41) is 2.85. The van der Waals surface area contributed by atoms with Crippen molar-refractivity contribution in [1.29, 1.82) is 0 Å². The molecule has 0 spiro atoms. The summed E-state index contributed by atoms with van der Waals surface area (Å²) in [5.41, 5.74) is 5.49. The number of benzene rings is 1. The van der Waals surface area contributed by atoms with Gasteiger partial charge in [-0.25, -0.2) is 22.9 Å². The van der Waals surface area contributed by atoms with Gasteiger partial charge in [0.2, 0.25) is 5.88 Å². The second-order valence-corrected chi connectivity index (χ2v) is 11.7. The molecule has 34 heavy (non-hydrogen) atoms. The van der Waals surface area contributed by atoms with E-state index in [-0.39, 0.29) is 4.21 Å². The van der Waals surface area contributed by atoms with E-state index in [9.17, 15) is 13.2 Å². The zero-order valence-electron chi connectivity index (χ0n) is 19.1. The number of thiophene rings is 1. The number of hydrogen-bond donors (Lipinski definition) is 2. The zero-order chi connectivity index (χ0) is 23.9. The fourth-order valence-corrected chi connectivity index (χ4v) is 7.18. The number of carbonyl (C=O) groups excluding carboxylic acids is 1. The summed E-state index contributed by atoms with van der Waals surface area (Å²) < 4.78 is 33.6. The van der Waals surface area contributed by atoms with Gasteiger partial charge in [-0.05, 0) is 67.1 Å². The number of pyridine rings is 1. The SMILES string of the molecule is COc1cc(-c2ccc3c(c2NC(=O)NS(=O)(=O)c2cc4c(s2)CN(C)CC4)CCC3)ccn1. The number of sulfonamides is 1. The Labute approximate surface area is 203 Å². The van der Waals surface area contributed by atoms with Crippen molar-refractivity contribution in [3.05, 3.63) is 58.1 Å². The van der Waals surface area contributed by atoms with Crippen molar-refractivity contribution in [2.45, 2.75) is 36.4 Å². The molecule has 1 aliphatic heterocycles. The Balaban J connectivity index is 1.43. The number of anilines is 1. The number of urea groups is 1. The van der Waals surface area contributed by atoms with E-state index in [1.54, 1.807) is 25.4 Å². The van der Waals surface area contributed by atoms with Gasteiger partial charge in [0, 0.05) is 35.8 Å². The first-order valence-electron chi connectivity index (χ1n) is 11.1. The number of ether oxygens (including phenoxy) is 1. The number of aryl methyl sites for hydroxylation is 1. The van der Waals surface area contributed by atoms with Gasteiger partial charge in [-0.15, -0.1) is 11.3 Å². The lowest BCUT2D eigenvalue weighted by Crippen LogP contribution is -2.34. The molecule has 0 atom stereocenters. The van der Waals surface area contributed by atoms with Crippen molar-refractivity contribution in [3.8, 4) is 17.0 Å². The highest BCUT2D eigenvalue weighted by Crippen LogP contribution is 2.38. The van der Waals surface area contributed by atoms with Crippen LogP contribution >= 0.6 is 11.3 Å². The van der Waals surface area contributed by atoms with Crippen molar-refractivity contribution in [2.75, 3.05) is 26.0 Å². The maximum atomic E-state index is 13.0. The van der Waals surface area contributed by atoms with E-state index in [1.807, 2.05) is 19.2 Å². The molecular formula is C24H26N4O4S2. The fourth-order valence-electron chi connectivity index (χ4n) is 4.60. The lowest BCUT2D eigenvalue weighted by Gasteiger charge is -2.21. The van der Waals surface area contributed by atoms with E-state index in [0.29, 0.717) is 11.6 Å². The Hall–Kier alpha value is -2.95. The van der Waals surface area contributed by atoms with E-state index in [1.165, 1.54) is 11.3 Å². The van der Waals surface area contributed by atoms with Gasteiger partial charge < -0.3 is 15.0 Å². The van der Waals surface area contributed by atoms with Crippen LogP contribution in [0.5, 0.6) is 5.88 Å². The summed E-state index contributed by atoms with van der Waals surface area (Å²) in [6, 6.07) is 8.57. The van der Waals surface area contributed by atoms with Crippen LogP contribution in [0.2, 0.25) is 0 Å². The molecule has 0 radical (unpaired) electrons. The van der Waals surface area contributed by atoms with Gasteiger partial charge in [0.25, 0.3) is 10.0 Å². The number of hydrogen-bond acceptors (Lipinski definition) is 7. The number of methoxy groups -OCH3 is 1. The molecule has 178 valence electrons. The zero-order valence-corrected chi connectivity index (χ0v) is 20.7. The molecule has 0 saturated carbocycles. The number of fused-ring (bicyclic) bond motifs is 2. The number of amides is 2. The molecule has 0 bridgehead atoms. The summed E-state index contributed by atoms with van der Waals surface area (Å²) in [6.07, 6.45) is 5.19. The molecule has 3 aromatic rings. The topological polar surface area (TPSA) is 101 Å². The highest BCUT2D eigenvalue weighted by atomic mass is 32.2. The second-order valence-electron chi connectivity index (χ2n) is 8.63. The van der Waals surface area contributed by atoms with Crippen molar-refractivity contribution in [3.63, 3.8) is 0 Å². The van der Waals surface area contributed by atoms with E-state index in [0.717, 1.165) is 71.5 Å². The molecular weight excluding hydrogens is 472 g/mol. The van der Waals surface area contributed by atoms with Crippen LogP contribution in [-0.2, 0) is 35.8 Å². The third kappa shape index (κ3) is 4.40. The van der Waals surface area contributed by atoms with Crippen LogP contribution in [0.1, 0.15) is 28.0 Å². The van der Waals surface area contributed by atoms with E-state index >= 15 is 0 Å². The van der Waals surface area contributed by atoms with Gasteiger partial charge in [0.1, 0.15) is 4.21 Å². The molecule has 1 aliphatic carbocycles. The normalized spacial score (nSPS) is 15.5. The third-order valence-corrected chi connectivity index (χ3v) is 9.29. The number of aromatic nitrogens is 1. The monoisotopic (exact) mass is 498 g/mol. The van der Waals surface area contributed by atoms with Crippen LogP contribution in [0.3, 0.4) is 0 Å². The number of nitrogens with zero attached hydrogens (tertiary/aromatic N) is 2. The minimum Gasteiger partial charge on any atom is -0.481 e. The van der Waals surface area contributed by atoms with Crippen LogP contribution in [0.25, 0.3) is 11.1 Å². The van der Waals surface area contributed by atoms with Gasteiger partial charge in [-0.1, -0.05) is 12.1 Å². The molecule has 2 aromatic heterocycles. The highest BCUT2D eigenvalue weighted by molar-refractivity contribution is 7.92. The molecule has 5 rings (SSSR count). The minimum atomic E-state index is -3.99. The minimum absolute atomic E-state index is 0.167. The lowest BCUT2D eigenvalue weighted by molar-refractivity contribution is 0.256. The lowest BCUT2D eigenvalue weighted by atomic mass is 9.98. The Kier molecular flexibility index (Phi) is 6.05. The van der Waals surface area contributed by atoms with E-state index in [2.05, 4.69) is 26.0 Å². The van der Waals surface area contributed by atoms with Crippen LogP contribution in [0, 0.1) is 0 Å². The van der Waals surface area contributed by atoms with Gasteiger partial charge >= 0.3 is 6.03 Å². The quantitative estimate of drug-likeness (QED) is 0.555. The molecule has 0 fully saturated rings. The summed E-state index contributed by atoms with van der Waals surface area (Å²) in [5.74, 6) is 0.461. The van der Waals surface area contributed by atoms with Crippen LogP contribution in [0.4, 0.5) is 10.5 Å². The average Bonchev–Trinajstić information content (AvgIpc) is 3.46. The first-order chi connectivity index (χ1) is 16.3. The van der Waals surface area contributed by atoms with E-state index in [4.69, 9.17) is 4.74 Å². The van der Waals surface area contributed by atoms with Gasteiger partial charge in [0.05, 0.1) is 12.8 Å².